The van der Waals surface area contributed by atoms with Crippen LogP contribution in [0.25, 0.3) is 0 Å². The monoisotopic (exact) mass is 310 g/mol. The zero-order valence-corrected chi connectivity index (χ0v) is 12.0. The molecule has 18 heavy (non-hydrogen) atoms. The molecule has 1 unspecified atom stereocenters. The van der Waals surface area contributed by atoms with Crippen LogP contribution >= 0.6 is 15.9 Å². The van der Waals surface area contributed by atoms with E-state index in [4.69, 9.17) is 5.73 Å². The minimum absolute atomic E-state index is 0.242. The SMILES string of the molecule is NCC1CCCN1C(=O)CCc1ccc(Br)cc1. The van der Waals surface area contributed by atoms with Crippen molar-refractivity contribution in [1.82, 2.24) is 4.90 Å². The molecule has 1 atom stereocenters. The Labute approximate surface area is 116 Å². The Balaban J connectivity index is 1.86. The van der Waals surface area contributed by atoms with Crippen molar-refractivity contribution < 1.29 is 4.79 Å². The van der Waals surface area contributed by atoms with Crippen molar-refractivity contribution in [3.8, 4) is 0 Å². The lowest BCUT2D eigenvalue weighted by Gasteiger charge is -2.23. The van der Waals surface area contributed by atoms with Crippen LogP contribution in [0.2, 0.25) is 0 Å². The molecule has 98 valence electrons. The number of rotatable bonds is 4. The van der Waals surface area contributed by atoms with E-state index < -0.39 is 0 Å². The van der Waals surface area contributed by atoms with Gasteiger partial charge in [0.15, 0.2) is 0 Å². The van der Waals surface area contributed by atoms with Gasteiger partial charge in [0.2, 0.25) is 5.91 Å². The molecule has 1 heterocycles. The van der Waals surface area contributed by atoms with Gasteiger partial charge in [-0.15, -0.1) is 0 Å². The van der Waals surface area contributed by atoms with Crippen LogP contribution in [0, 0.1) is 0 Å². The third-order valence-corrected chi connectivity index (χ3v) is 4.04. The van der Waals surface area contributed by atoms with Crippen LogP contribution in [0.3, 0.4) is 0 Å². The molecule has 1 aliphatic heterocycles. The van der Waals surface area contributed by atoms with Crippen molar-refractivity contribution in [3.05, 3.63) is 34.3 Å². The molecule has 1 aromatic carbocycles. The number of carbonyl (C=O) groups excluding carboxylic acids is 1. The summed E-state index contributed by atoms with van der Waals surface area (Å²) in [6.07, 6.45) is 3.53. The first kappa shape index (κ1) is 13.6. The number of benzene rings is 1. The van der Waals surface area contributed by atoms with E-state index in [-0.39, 0.29) is 11.9 Å². The van der Waals surface area contributed by atoms with Crippen molar-refractivity contribution in [2.45, 2.75) is 31.7 Å². The fraction of sp³-hybridized carbons (Fsp3) is 0.500. The number of aryl methyl sites for hydroxylation is 1. The first-order chi connectivity index (χ1) is 8.70. The maximum absolute atomic E-state index is 12.1. The lowest BCUT2D eigenvalue weighted by atomic mass is 10.1. The molecule has 3 nitrogen and oxygen atoms in total. The molecule has 0 radical (unpaired) electrons. The van der Waals surface area contributed by atoms with Crippen LogP contribution in [0.15, 0.2) is 28.7 Å². The van der Waals surface area contributed by atoms with E-state index in [1.54, 1.807) is 0 Å². The van der Waals surface area contributed by atoms with Gasteiger partial charge < -0.3 is 10.6 Å². The maximum Gasteiger partial charge on any atom is 0.223 e. The van der Waals surface area contributed by atoms with Gasteiger partial charge in [0.1, 0.15) is 0 Å². The van der Waals surface area contributed by atoms with Gasteiger partial charge in [-0.25, -0.2) is 0 Å². The molecule has 1 aromatic rings. The van der Waals surface area contributed by atoms with E-state index >= 15 is 0 Å². The highest BCUT2D eigenvalue weighted by Crippen LogP contribution is 2.18. The average molecular weight is 311 g/mol. The molecule has 1 saturated heterocycles. The molecule has 2 N–H and O–H groups in total. The average Bonchev–Trinajstić information content (AvgIpc) is 2.86. The molecule has 0 aromatic heterocycles. The van der Waals surface area contributed by atoms with E-state index in [0.29, 0.717) is 13.0 Å². The van der Waals surface area contributed by atoms with E-state index in [1.807, 2.05) is 17.0 Å². The van der Waals surface area contributed by atoms with Gasteiger partial charge in [-0.05, 0) is 37.0 Å². The predicted molar refractivity (Wildman–Crippen MR) is 76.3 cm³/mol. The van der Waals surface area contributed by atoms with Gasteiger partial charge in [0.05, 0.1) is 0 Å². The second kappa shape index (κ2) is 6.34. The van der Waals surface area contributed by atoms with Crippen LogP contribution in [0.1, 0.15) is 24.8 Å². The third-order valence-electron chi connectivity index (χ3n) is 3.51. The fourth-order valence-electron chi connectivity index (χ4n) is 2.46. The van der Waals surface area contributed by atoms with Crippen LogP contribution in [-0.2, 0) is 11.2 Å². The molecular formula is C14H19BrN2O. The minimum atomic E-state index is 0.242. The second-order valence-electron chi connectivity index (χ2n) is 4.75. The number of hydrogen-bond donors (Lipinski definition) is 1. The molecule has 0 saturated carbocycles. The molecule has 1 fully saturated rings. The molecule has 4 heteroatoms. The van der Waals surface area contributed by atoms with E-state index in [0.717, 1.165) is 30.3 Å². The summed E-state index contributed by atoms with van der Waals surface area (Å²) in [5.41, 5.74) is 6.89. The highest BCUT2D eigenvalue weighted by molar-refractivity contribution is 9.10. The number of nitrogens with two attached hydrogens (primary N) is 1. The van der Waals surface area contributed by atoms with E-state index in [1.165, 1.54) is 5.56 Å². The lowest BCUT2D eigenvalue weighted by Crippen LogP contribution is -2.39. The summed E-state index contributed by atoms with van der Waals surface area (Å²) in [6, 6.07) is 8.41. The van der Waals surface area contributed by atoms with Gasteiger partial charge in [0.25, 0.3) is 0 Å². The summed E-state index contributed by atoms with van der Waals surface area (Å²) >= 11 is 3.41. The Morgan fingerprint density at radius 2 is 2.11 bits per heavy atom. The van der Waals surface area contributed by atoms with Crippen molar-refractivity contribution >= 4 is 21.8 Å². The zero-order chi connectivity index (χ0) is 13.0. The molecule has 1 aliphatic rings. The Hall–Kier alpha value is -0.870. The molecule has 2 rings (SSSR count). The molecular weight excluding hydrogens is 292 g/mol. The quantitative estimate of drug-likeness (QED) is 0.928. The van der Waals surface area contributed by atoms with Gasteiger partial charge >= 0.3 is 0 Å². The zero-order valence-electron chi connectivity index (χ0n) is 10.4. The summed E-state index contributed by atoms with van der Waals surface area (Å²) in [5.74, 6) is 0.242. The maximum atomic E-state index is 12.1. The number of likely N-dealkylation sites (tertiary alicyclic amines) is 1. The Morgan fingerprint density at radius 3 is 2.78 bits per heavy atom. The van der Waals surface area contributed by atoms with Gasteiger partial charge in [-0.1, -0.05) is 28.1 Å². The summed E-state index contributed by atoms with van der Waals surface area (Å²) in [4.78, 5) is 14.1. The summed E-state index contributed by atoms with van der Waals surface area (Å²) in [7, 11) is 0. The highest BCUT2D eigenvalue weighted by Gasteiger charge is 2.26. The predicted octanol–water partition coefficient (Wildman–Crippen LogP) is 2.33. The second-order valence-corrected chi connectivity index (χ2v) is 5.66. The Morgan fingerprint density at radius 1 is 1.39 bits per heavy atom. The number of halogens is 1. The smallest absolute Gasteiger partial charge is 0.223 e. The lowest BCUT2D eigenvalue weighted by molar-refractivity contribution is -0.131. The number of carbonyl (C=O) groups is 1. The standard InChI is InChI=1S/C14H19BrN2O/c15-12-6-3-11(4-7-12)5-8-14(18)17-9-1-2-13(17)10-16/h3-4,6-7,13H,1-2,5,8-10,16H2. The van der Waals surface area contributed by atoms with Crippen molar-refractivity contribution in [2.75, 3.05) is 13.1 Å². The number of nitrogens with zero attached hydrogens (tertiary/aromatic N) is 1. The van der Waals surface area contributed by atoms with Crippen molar-refractivity contribution in [2.24, 2.45) is 5.73 Å². The fourth-order valence-corrected chi connectivity index (χ4v) is 2.72. The number of hydrogen-bond acceptors (Lipinski definition) is 2. The first-order valence-corrected chi connectivity index (χ1v) is 7.24. The minimum Gasteiger partial charge on any atom is -0.338 e. The van der Waals surface area contributed by atoms with E-state index in [9.17, 15) is 4.79 Å². The van der Waals surface area contributed by atoms with Crippen LogP contribution in [0.5, 0.6) is 0 Å². The molecule has 0 aliphatic carbocycles. The molecule has 1 amide bonds. The highest BCUT2D eigenvalue weighted by atomic mass is 79.9. The van der Waals surface area contributed by atoms with Crippen molar-refractivity contribution in [3.63, 3.8) is 0 Å². The molecule has 0 bridgehead atoms. The Kier molecular flexibility index (Phi) is 4.78. The van der Waals surface area contributed by atoms with E-state index in [2.05, 4.69) is 28.1 Å². The first-order valence-electron chi connectivity index (χ1n) is 6.44. The van der Waals surface area contributed by atoms with Gasteiger partial charge in [-0.2, -0.15) is 0 Å². The largest absolute Gasteiger partial charge is 0.338 e. The van der Waals surface area contributed by atoms with Gasteiger partial charge in [-0.3, -0.25) is 4.79 Å². The van der Waals surface area contributed by atoms with Crippen LogP contribution < -0.4 is 5.73 Å². The summed E-state index contributed by atoms with van der Waals surface area (Å²) in [6.45, 7) is 1.46. The topological polar surface area (TPSA) is 46.3 Å². The van der Waals surface area contributed by atoms with Crippen molar-refractivity contribution in [1.29, 1.82) is 0 Å². The van der Waals surface area contributed by atoms with Gasteiger partial charge in [0, 0.05) is 30.0 Å². The third kappa shape index (κ3) is 3.33. The summed E-state index contributed by atoms with van der Waals surface area (Å²) < 4.78 is 1.07. The Bertz CT molecular complexity index is 405. The van der Waals surface area contributed by atoms with Crippen LogP contribution in [0.4, 0.5) is 0 Å². The number of amides is 1. The normalized spacial score (nSPS) is 19.2. The van der Waals surface area contributed by atoms with Crippen LogP contribution in [-0.4, -0.2) is 29.9 Å². The molecule has 0 spiro atoms. The summed E-state index contributed by atoms with van der Waals surface area (Å²) in [5, 5.41) is 0.